The number of hydrogen-bond donors (Lipinski definition) is 0. The van der Waals surface area contributed by atoms with Crippen LogP contribution in [0.5, 0.6) is 0 Å². The maximum atomic E-state index is 6.06. The molecule has 2 nitrogen and oxygen atoms in total. The minimum atomic E-state index is 0. The van der Waals surface area contributed by atoms with Gasteiger partial charge in [-0.15, -0.1) is 57.9 Å². The molecule has 0 unspecified atom stereocenters. The molecule has 7 heteroatoms. The van der Waals surface area contributed by atoms with E-state index in [0.717, 1.165) is 44.2 Å². The third-order valence-electron chi connectivity index (χ3n) is 10.3. The van der Waals surface area contributed by atoms with E-state index in [-0.39, 0.29) is 24.8 Å². The van der Waals surface area contributed by atoms with E-state index in [1.54, 1.807) is 27.4 Å². The van der Waals surface area contributed by atoms with Crippen molar-refractivity contribution in [3.05, 3.63) is 153 Å². The van der Waals surface area contributed by atoms with Crippen molar-refractivity contribution in [2.45, 2.75) is 60.8 Å². The monoisotopic (exact) mass is 880 g/mol. The Balaban J connectivity index is 0.000000181. The number of hydrogen-bond acceptors (Lipinski definition) is 2. The molecule has 8 aromatic rings. The van der Waals surface area contributed by atoms with Crippen LogP contribution in [0.15, 0.2) is 118 Å². The van der Waals surface area contributed by atoms with Gasteiger partial charge < -0.3 is 33.6 Å². The molecular formula is C48H42Cl4O2Zr-2. The van der Waals surface area contributed by atoms with Gasteiger partial charge in [0.2, 0.25) is 0 Å². The Kier molecular flexibility index (Phi) is 14.2. The summed E-state index contributed by atoms with van der Waals surface area (Å²) in [6.45, 7) is 12.6. The third-order valence-corrected chi connectivity index (χ3v) is 12.1. The van der Waals surface area contributed by atoms with E-state index in [0.29, 0.717) is 0 Å². The fourth-order valence-corrected chi connectivity index (χ4v) is 8.12. The molecule has 0 saturated heterocycles. The Morgan fingerprint density at radius 2 is 0.891 bits per heavy atom. The van der Waals surface area contributed by atoms with Crippen molar-refractivity contribution < 1.29 is 57.9 Å². The van der Waals surface area contributed by atoms with E-state index in [1.807, 2.05) is 62.4 Å². The summed E-state index contributed by atoms with van der Waals surface area (Å²) < 4.78 is 13.4. The topological polar surface area (TPSA) is 26.3 Å². The van der Waals surface area contributed by atoms with Gasteiger partial charge in [-0.05, 0) is 112 Å². The summed E-state index contributed by atoms with van der Waals surface area (Å²) >= 11 is 13.8. The summed E-state index contributed by atoms with van der Waals surface area (Å²) in [7, 11) is 0. The molecule has 280 valence electrons. The van der Waals surface area contributed by atoms with Crippen molar-refractivity contribution in [3.8, 4) is 44.9 Å². The summed E-state index contributed by atoms with van der Waals surface area (Å²) in [4.78, 5) is 0. The zero-order valence-electron chi connectivity index (χ0n) is 31.8. The van der Waals surface area contributed by atoms with Crippen LogP contribution in [0.4, 0.5) is 0 Å². The molecule has 0 N–H and O–H groups in total. The van der Waals surface area contributed by atoms with Crippen LogP contribution in [-0.2, 0) is 24.2 Å². The van der Waals surface area contributed by atoms with Crippen LogP contribution in [-0.4, -0.2) is 3.21 Å². The Morgan fingerprint density at radius 1 is 0.527 bits per heavy atom. The van der Waals surface area contributed by atoms with E-state index in [1.165, 1.54) is 85.3 Å². The van der Waals surface area contributed by atoms with Gasteiger partial charge in [0.05, 0.1) is 23.0 Å². The van der Waals surface area contributed by atoms with Crippen molar-refractivity contribution in [1.29, 1.82) is 0 Å². The zero-order valence-corrected chi connectivity index (χ0v) is 37.3. The summed E-state index contributed by atoms with van der Waals surface area (Å²) in [5.74, 6) is 3.70. The molecule has 0 atom stereocenters. The van der Waals surface area contributed by atoms with Crippen LogP contribution in [0.2, 0.25) is 10.0 Å². The number of aryl methyl sites for hydroxylation is 4. The number of fused-ring (bicyclic) bond motifs is 2. The quantitative estimate of drug-likeness (QED) is 0.165. The van der Waals surface area contributed by atoms with Gasteiger partial charge in [0.1, 0.15) is 0 Å². The Morgan fingerprint density at radius 3 is 1.18 bits per heavy atom. The van der Waals surface area contributed by atoms with Crippen LogP contribution < -0.4 is 24.8 Å². The SMILES string of the molecule is Cc1ccc(-c2cc3c(-c4ccc(Cl)cc4)c(C)c(C)cc3[cH-]2)o1.Cc1ccc(-c2cc3c(-c4ccc(Cl)cc4)c(C)c(C)cc3[cH-]2)o1.[Cl-].[Cl-].[Zr+2]=[C]1CCC1. The first-order chi connectivity index (χ1) is 25.4. The molecule has 2 aromatic heterocycles. The molecule has 6 aromatic carbocycles. The van der Waals surface area contributed by atoms with Gasteiger partial charge in [-0.3, -0.25) is 0 Å². The van der Waals surface area contributed by atoms with Crippen molar-refractivity contribution >= 4 is 48.0 Å². The Hall–Kier alpha value is -3.43. The van der Waals surface area contributed by atoms with Crippen molar-refractivity contribution in [2.75, 3.05) is 0 Å². The summed E-state index contributed by atoms with van der Waals surface area (Å²) in [5, 5.41) is 6.51. The van der Waals surface area contributed by atoms with Crippen LogP contribution in [0.3, 0.4) is 0 Å². The third kappa shape index (κ3) is 9.42. The first-order valence-electron chi connectivity index (χ1n) is 18.1. The molecule has 55 heavy (non-hydrogen) atoms. The second-order valence-electron chi connectivity index (χ2n) is 14.2. The summed E-state index contributed by atoms with van der Waals surface area (Å²) in [6.07, 6.45) is 4.36. The minimum absolute atomic E-state index is 0. The van der Waals surface area contributed by atoms with E-state index in [9.17, 15) is 0 Å². The van der Waals surface area contributed by atoms with Crippen LogP contribution in [0, 0.1) is 41.5 Å². The average Bonchev–Trinajstić information content (AvgIpc) is 3.94. The molecule has 0 bridgehead atoms. The standard InChI is InChI=1S/2C22H18ClO.C4H6.2ClH.Zr/c2*1-13-10-17-11-18(21-9-4-14(2)24-21)12-20(17)22(15(13)3)16-5-7-19(23)8-6-16;1-2-4-3-1;;;/h2*4-12H,1-3H3;1-3H2;2*1H;/q2*-1;;;;+2/p-2. The Bertz CT molecular complexity index is 2400. The number of furan rings is 2. The van der Waals surface area contributed by atoms with E-state index in [4.69, 9.17) is 32.0 Å². The molecule has 9 rings (SSSR count). The second kappa shape index (κ2) is 18.2. The molecule has 0 spiro atoms. The average molecular weight is 884 g/mol. The molecule has 1 saturated carbocycles. The molecule has 1 fully saturated rings. The zero-order chi connectivity index (χ0) is 37.4. The van der Waals surface area contributed by atoms with Gasteiger partial charge in [0, 0.05) is 10.0 Å². The fraction of sp³-hybridized carbons (Fsp3) is 0.188. The first-order valence-corrected chi connectivity index (χ1v) is 20.1. The first kappa shape index (κ1) is 42.7. The maximum absolute atomic E-state index is 6.06. The fourth-order valence-electron chi connectivity index (χ4n) is 7.00. The normalized spacial score (nSPS) is 11.9. The van der Waals surface area contributed by atoms with Gasteiger partial charge in [-0.2, -0.15) is 0 Å². The summed E-state index contributed by atoms with van der Waals surface area (Å²) in [5.41, 5.74) is 12.4. The van der Waals surface area contributed by atoms with E-state index in [2.05, 4.69) is 88.4 Å². The molecule has 1 aliphatic carbocycles. The van der Waals surface area contributed by atoms with Gasteiger partial charge in [0.25, 0.3) is 0 Å². The number of rotatable bonds is 4. The summed E-state index contributed by atoms with van der Waals surface area (Å²) in [6, 6.07) is 37.6. The predicted octanol–water partition coefficient (Wildman–Crippen LogP) is 9.03. The van der Waals surface area contributed by atoms with E-state index < -0.39 is 0 Å². The number of benzene rings is 4. The second-order valence-corrected chi connectivity index (χ2v) is 16.8. The van der Waals surface area contributed by atoms with Gasteiger partial charge in [-0.25, -0.2) is 0 Å². The van der Waals surface area contributed by atoms with Gasteiger partial charge >= 0.3 is 46.7 Å². The van der Waals surface area contributed by atoms with Crippen molar-refractivity contribution in [2.24, 2.45) is 0 Å². The molecule has 0 aliphatic heterocycles. The van der Waals surface area contributed by atoms with Gasteiger partial charge in [-0.1, -0.05) is 80.8 Å². The molecule has 0 amide bonds. The van der Waals surface area contributed by atoms with Crippen LogP contribution in [0.1, 0.15) is 53.0 Å². The van der Waals surface area contributed by atoms with E-state index >= 15 is 0 Å². The molecule has 1 aliphatic rings. The number of halogens is 4. The van der Waals surface area contributed by atoms with Crippen LogP contribution >= 0.6 is 23.2 Å². The molecule has 2 heterocycles. The predicted molar refractivity (Wildman–Crippen MR) is 223 cm³/mol. The van der Waals surface area contributed by atoms with Crippen LogP contribution in [0.25, 0.3) is 66.4 Å². The Labute approximate surface area is 361 Å². The molecular weight excluding hydrogens is 842 g/mol. The van der Waals surface area contributed by atoms with Gasteiger partial charge in [0.15, 0.2) is 0 Å². The van der Waals surface area contributed by atoms with Crippen molar-refractivity contribution in [3.63, 3.8) is 0 Å². The van der Waals surface area contributed by atoms with Crippen molar-refractivity contribution in [1.82, 2.24) is 0 Å². The molecule has 0 radical (unpaired) electrons.